The summed E-state index contributed by atoms with van der Waals surface area (Å²) in [7, 11) is 0. The van der Waals surface area contributed by atoms with E-state index in [9.17, 15) is 5.48 Å². The van der Waals surface area contributed by atoms with Crippen molar-refractivity contribution in [1.29, 1.82) is 0 Å². The molecule has 268 valence electrons. The van der Waals surface area contributed by atoms with E-state index in [0.717, 1.165) is 66.1 Å². The first-order valence-electron chi connectivity index (χ1n) is 23.4. The molecule has 1 nitrogen and oxygen atoms in total. The second-order valence-electron chi connectivity index (χ2n) is 13.8. The zero-order chi connectivity index (χ0) is 45.8. The molecule has 10 aromatic carbocycles. The van der Waals surface area contributed by atoms with E-state index in [1.54, 1.807) is 4.90 Å². The number of hydrogen-bond donors (Lipinski definition) is 0. The average molecular weight is 735 g/mol. The standard InChI is InChI=1S/C56H39N/c1-3-13-40(14-4-1)41-25-32-49(33-26-41)57(50-34-27-42(28-35-50)47-20-11-21-48(39-47)53-24-12-19-43-15-7-9-22-52(43)53)51-36-29-45(30-37-51)55-38-31-44-16-8-10-23-54(44)56(55)46-17-5-2-6-18-46/h1-39H/i1D,3D,4D,13D,14D,25D,26D,32D,33D. The summed E-state index contributed by atoms with van der Waals surface area (Å²) >= 11 is 0. The number of nitrogens with zero attached hydrogens (tertiary/aromatic N) is 1. The first kappa shape index (κ1) is 25.6. The van der Waals surface area contributed by atoms with Crippen LogP contribution >= 0.6 is 0 Å². The van der Waals surface area contributed by atoms with Gasteiger partial charge in [0.25, 0.3) is 0 Å². The molecule has 0 amide bonds. The molecule has 0 saturated heterocycles. The Morgan fingerprint density at radius 3 is 1.60 bits per heavy atom. The maximum atomic E-state index is 9.47. The lowest BCUT2D eigenvalue weighted by molar-refractivity contribution is 1.28. The zero-order valence-corrected chi connectivity index (χ0v) is 30.8. The highest BCUT2D eigenvalue weighted by Crippen LogP contribution is 2.41. The van der Waals surface area contributed by atoms with Crippen molar-refractivity contribution in [3.8, 4) is 55.6 Å². The van der Waals surface area contributed by atoms with Crippen LogP contribution in [0.1, 0.15) is 12.3 Å². The summed E-state index contributed by atoms with van der Waals surface area (Å²) < 4.78 is 79.4. The van der Waals surface area contributed by atoms with E-state index < -0.39 is 54.4 Å². The van der Waals surface area contributed by atoms with Gasteiger partial charge in [0.15, 0.2) is 0 Å². The van der Waals surface area contributed by atoms with E-state index >= 15 is 0 Å². The molecule has 0 aliphatic heterocycles. The third-order valence-electron chi connectivity index (χ3n) is 10.4. The second-order valence-corrected chi connectivity index (χ2v) is 13.8. The Balaban J connectivity index is 1.12. The fourth-order valence-corrected chi connectivity index (χ4v) is 7.69. The minimum absolute atomic E-state index is 0.0600. The lowest BCUT2D eigenvalue weighted by Gasteiger charge is -2.26. The third kappa shape index (κ3) is 6.66. The largest absolute Gasteiger partial charge is 0.311 e. The summed E-state index contributed by atoms with van der Waals surface area (Å²) in [6.07, 6.45) is 0. The monoisotopic (exact) mass is 734 g/mol. The van der Waals surface area contributed by atoms with Gasteiger partial charge in [-0.15, -0.1) is 0 Å². The maximum Gasteiger partial charge on any atom is 0.0645 e. The Kier molecular flexibility index (Phi) is 6.72. The molecule has 1 heteroatoms. The van der Waals surface area contributed by atoms with Gasteiger partial charge in [0, 0.05) is 17.1 Å². The van der Waals surface area contributed by atoms with E-state index in [1.807, 2.05) is 97.1 Å². The smallest absolute Gasteiger partial charge is 0.0645 e. The molecule has 57 heavy (non-hydrogen) atoms. The topological polar surface area (TPSA) is 3.24 Å². The fraction of sp³-hybridized carbons (Fsp3) is 0. The van der Waals surface area contributed by atoms with Crippen LogP contribution in [0.25, 0.3) is 77.2 Å². The molecule has 0 spiro atoms. The number of fused-ring (bicyclic) bond motifs is 2. The third-order valence-corrected chi connectivity index (χ3v) is 10.4. The second kappa shape index (κ2) is 15.0. The quantitative estimate of drug-likeness (QED) is 0.150. The van der Waals surface area contributed by atoms with Crippen LogP contribution in [0, 0.1) is 0 Å². The normalized spacial score (nSPS) is 13.4. The number of benzene rings is 10. The average Bonchev–Trinajstić information content (AvgIpc) is 3.36. The van der Waals surface area contributed by atoms with Crippen molar-refractivity contribution < 1.29 is 12.3 Å². The molecule has 0 unspecified atom stereocenters. The lowest BCUT2D eigenvalue weighted by Crippen LogP contribution is -2.09. The molecule has 0 atom stereocenters. The molecular weight excluding hydrogens is 687 g/mol. The van der Waals surface area contributed by atoms with E-state index in [2.05, 4.69) is 84.9 Å². The van der Waals surface area contributed by atoms with Crippen molar-refractivity contribution in [3.63, 3.8) is 0 Å². The van der Waals surface area contributed by atoms with Crippen LogP contribution in [-0.4, -0.2) is 0 Å². The molecule has 0 N–H and O–H groups in total. The Morgan fingerprint density at radius 1 is 0.298 bits per heavy atom. The van der Waals surface area contributed by atoms with Crippen LogP contribution in [0.15, 0.2) is 236 Å². The number of hydrogen-bond acceptors (Lipinski definition) is 1. The minimum atomic E-state index is -0.627. The van der Waals surface area contributed by atoms with E-state index in [4.69, 9.17) is 6.85 Å². The van der Waals surface area contributed by atoms with Gasteiger partial charge in [-0.3, -0.25) is 0 Å². The van der Waals surface area contributed by atoms with E-state index in [1.165, 1.54) is 0 Å². The van der Waals surface area contributed by atoms with Gasteiger partial charge in [-0.05, 0) is 120 Å². The Hall–Kier alpha value is -7.48. The Labute approximate surface area is 347 Å². The number of rotatable bonds is 8. The van der Waals surface area contributed by atoms with Crippen LogP contribution < -0.4 is 4.90 Å². The van der Waals surface area contributed by atoms with Crippen molar-refractivity contribution in [2.45, 2.75) is 0 Å². The molecule has 10 aromatic rings. The first-order chi connectivity index (χ1) is 32.0. The maximum absolute atomic E-state index is 9.47. The Morgan fingerprint density at radius 2 is 0.860 bits per heavy atom. The molecule has 0 bridgehead atoms. The van der Waals surface area contributed by atoms with Gasteiger partial charge < -0.3 is 4.90 Å². The highest BCUT2D eigenvalue weighted by molar-refractivity contribution is 6.04. The Bertz CT molecular complexity index is 3450. The molecule has 0 radical (unpaired) electrons. The van der Waals surface area contributed by atoms with Gasteiger partial charge in [0.2, 0.25) is 0 Å². The molecule has 0 saturated carbocycles. The summed E-state index contributed by atoms with van der Waals surface area (Å²) in [5.74, 6) is 0. The first-order valence-corrected chi connectivity index (χ1v) is 18.9. The van der Waals surface area contributed by atoms with Crippen molar-refractivity contribution in [1.82, 2.24) is 0 Å². The van der Waals surface area contributed by atoms with Crippen LogP contribution in [0.4, 0.5) is 17.1 Å². The summed E-state index contributed by atoms with van der Waals surface area (Å²) in [5, 5.41) is 4.53. The summed E-state index contributed by atoms with van der Waals surface area (Å²) in [5.41, 5.74) is 8.50. The van der Waals surface area contributed by atoms with Gasteiger partial charge in [0.1, 0.15) is 0 Å². The van der Waals surface area contributed by atoms with Crippen LogP contribution in [-0.2, 0) is 0 Å². The highest BCUT2D eigenvalue weighted by atomic mass is 15.1. The molecule has 0 heterocycles. The fourth-order valence-electron chi connectivity index (χ4n) is 7.69. The van der Waals surface area contributed by atoms with E-state index in [0.29, 0.717) is 11.4 Å². The molecule has 0 aliphatic carbocycles. The van der Waals surface area contributed by atoms with Gasteiger partial charge >= 0.3 is 0 Å². The van der Waals surface area contributed by atoms with Gasteiger partial charge in [-0.25, -0.2) is 0 Å². The van der Waals surface area contributed by atoms with Gasteiger partial charge in [0.05, 0.1) is 12.3 Å². The van der Waals surface area contributed by atoms with E-state index in [-0.39, 0.29) is 16.8 Å². The van der Waals surface area contributed by atoms with Gasteiger partial charge in [-0.2, -0.15) is 0 Å². The predicted octanol–water partition coefficient (Wildman–Crippen LogP) is 15.8. The van der Waals surface area contributed by atoms with Crippen molar-refractivity contribution >= 4 is 38.6 Å². The summed E-state index contributed by atoms with van der Waals surface area (Å²) in [6.45, 7) is 0. The van der Waals surface area contributed by atoms with Crippen LogP contribution in [0.2, 0.25) is 0 Å². The number of anilines is 3. The SMILES string of the molecule is [2H]c1c([2H])c([2H])c(-c2c([2H])c([2H])c(N(c3ccc(-c4cccc(-c5cccc6ccccc56)c4)cc3)c3ccc(-c4ccc5ccccc5c4-c4ccccc4)cc3)c([2H])c2[2H])c([2H])c1[2H]. The zero-order valence-electron chi connectivity index (χ0n) is 39.8. The molecule has 0 aliphatic rings. The predicted molar refractivity (Wildman–Crippen MR) is 243 cm³/mol. The van der Waals surface area contributed by atoms with Crippen LogP contribution in [0.3, 0.4) is 0 Å². The molecule has 0 aromatic heterocycles. The van der Waals surface area contributed by atoms with Crippen molar-refractivity contribution in [3.05, 3.63) is 236 Å². The summed E-state index contributed by atoms with van der Waals surface area (Å²) in [4.78, 5) is 1.69. The van der Waals surface area contributed by atoms with Crippen molar-refractivity contribution in [2.24, 2.45) is 0 Å². The van der Waals surface area contributed by atoms with Crippen molar-refractivity contribution in [2.75, 3.05) is 4.90 Å². The minimum Gasteiger partial charge on any atom is -0.311 e. The molecule has 10 rings (SSSR count). The lowest BCUT2D eigenvalue weighted by atomic mass is 9.90. The highest BCUT2D eigenvalue weighted by Gasteiger charge is 2.16. The summed E-state index contributed by atoms with van der Waals surface area (Å²) in [6, 6.07) is 56.2. The molecule has 0 fully saturated rings. The van der Waals surface area contributed by atoms with Crippen LogP contribution in [0.5, 0.6) is 0 Å². The van der Waals surface area contributed by atoms with Gasteiger partial charge in [-0.1, -0.05) is 194 Å². The molecular formula is C56H39N.